The minimum absolute atomic E-state index is 0.267. The molecule has 3 N–H and O–H groups in total. The molecule has 1 saturated heterocycles. The predicted octanol–water partition coefficient (Wildman–Crippen LogP) is 2.59. The number of nitrogens with one attached hydrogen (secondary N) is 2. The average molecular weight is 429 g/mol. The zero-order valence-electron chi connectivity index (χ0n) is 17.4. The Bertz CT molecular complexity index is 887. The Labute approximate surface area is 181 Å². The van der Waals surface area contributed by atoms with Gasteiger partial charge in [-0.05, 0) is 61.3 Å². The molecule has 1 fully saturated rings. The molecule has 0 bridgehead atoms. The minimum atomic E-state index is -0.909. The number of carbonyl (C=O) groups is 1. The molecule has 0 spiro atoms. The fourth-order valence-corrected chi connectivity index (χ4v) is 3.95. The fraction of sp³-hybridized carbons (Fsp3) is 0.435. The second kappa shape index (κ2) is 9.98. The molecule has 8 heteroatoms. The number of carbonyl (C=O) groups excluding carboxylic acids is 1. The lowest BCUT2D eigenvalue weighted by Crippen LogP contribution is -2.49. The maximum Gasteiger partial charge on any atom is 0.315 e. The van der Waals surface area contributed by atoms with Crippen molar-refractivity contribution in [3.05, 3.63) is 59.4 Å². The highest BCUT2D eigenvalue weighted by molar-refractivity contribution is 5.74. The number of nitrogens with zero attached hydrogens (tertiary/aromatic N) is 1. The van der Waals surface area contributed by atoms with Gasteiger partial charge in [-0.2, -0.15) is 0 Å². The number of halogens is 1. The second-order valence-corrected chi connectivity index (χ2v) is 7.92. The van der Waals surface area contributed by atoms with Crippen LogP contribution < -0.4 is 20.1 Å². The van der Waals surface area contributed by atoms with Gasteiger partial charge in [0.1, 0.15) is 25.1 Å². The summed E-state index contributed by atoms with van der Waals surface area (Å²) in [5, 5.41) is 16.8. The van der Waals surface area contributed by atoms with Gasteiger partial charge < -0.3 is 30.1 Å². The summed E-state index contributed by atoms with van der Waals surface area (Å²) in [6.07, 6.45) is 1.32. The number of urea groups is 1. The van der Waals surface area contributed by atoms with E-state index in [1.54, 1.807) is 30.3 Å². The van der Waals surface area contributed by atoms with Crippen molar-refractivity contribution >= 4 is 6.03 Å². The van der Waals surface area contributed by atoms with E-state index in [-0.39, 0.29) is 18.4 Å². The largest absolute Gasteiger partial charge is 0.486 e. The lowest BCUT2D eigenvalue weighted by atomic mass is 10.0. The van der Waals surface area contributed by atoms with Crippen molar-refractivity contribution in [1.29, 1.82) is 0 Å². The number of aliphatic hydroxyl groups excluding tert-OH is 1. The lowest BCUT2D eigenvalue weighted by molar-refractivity contribution is 0.108. The van der Waals surface area contributed by atoms with Crippen LogP contribution in [-0.2, 0) is 6.54 Å². The van der Waals surface area contributed by atoms with E-state index in [0.717, 1.165) is 31.5 Å². The number of benzene rings is 2. The molecular weight excluding hydrogens is 401 g/mol. The summed E-state index contributed by atoms with van der Waals surface area (Å²) < 4.78 is 24.2. The summed E-state index contributed by atoms with van der Waals surface area (Å²) in [7, 11) is 0. The Morgan fingerprint density at radius 1 is 1.06 bits per heavy atom. The van der Waals surface area contributed by atoms with E-state index in [1.165, 1.54) is 12.1 Å². The van der Waals surface area contributed by atoms with Gasteiger partial charge in [0.05, 0.1) is 6.04 Å². The average Bonchev–Trinajstić information content (AvgIpc) is 3.30. The molecule has 2 atom stereocenters. The van der Waals surface area contributed by atoms with Crippen molar-refractivity contribution in [3.63, 3.8) is 0 Å². The summed E-state index contributed by atoms with van der Waals surface area (Å²) in [4.78, 5) is 14.8. The number of amides is 2. The van der Waals surface area contributed by atoms with Crippen LogP contribution in [0.25, 0.3) is 0 Å². The van der Waals surface area contributed by atoms with Crippen LogP contribution in [0.2, 0.25) is 0 Å². The Hall–Kier alpha value is -2.84. The predicted molar refractivity (Wildman–Crippen MR) is 114 cm³/mol. The normalized spacial score (nSPS) is 17.7. The standard InChI is InChI=1S/C23H28FN3O4/c24-18-6-3-16(4-7-18)14-25-23(29)26-19(15-27-9-1-2-10-27)22(28)17-5-8-20-21(13-17)31-12-11-30-20/h3-8,13,19,22,28H,1-2,9-12,14-15H2,(H2,25,26,29). The molecule has 2 amide bonds. The summed E-state index contributed by atoms with van der Waals surface area (Å²) in [5.74, 6) is 0.938. The highest BCUT2D eigenvalue weighted by atomic mass is 19.1. The molecule has 2 aliphatic heterocycles. The smallest absolute Gasteiger partial charge is 0.315 e. The number of aliphatic hydroxyl groups is 1. The van der Waals surface area contributed by atoms with E-state index in [2.05, 4.69) is 15.5 Å². The van der Waals surface area contributed by atoms with E-state index in [4.69, 9.17) is 9.47 Å². The van der Waals surface area contributed by atoms with Crippen LogP contribution in [0.3, 0.4) is 0 Å². The zero-order chi connectivity index (χ0) is 21.6. The van der Waals surface area contributed by atoms with Gasteiger partial charge in [0.2, 0.25) is 0 Å². The number of hydrogen-bond donors (Lipinski definition) is 3. The van der Waals surface area contributed by atoms with Gasteiger partial charge in [-0.15, -0.1) is 0 Å². The molecule has 2 aromatic carbocycles. The number of rotatable bonds is 7. The Morgan fingerprint density at radius 2 is 1.77 bits per heavy atom. The fourth-order valence-electron chi connectivity index (χ4n) is 3.95. The van der Waals surface area contributed by atoms with Gasteiger partial charge in [0, 0.05) is 13.1 Å². The van der Waals surface area contributed by atoms with E-state index in [9.17, 15) is 14.3 Å². The third kappa shape index (κ3) is 5.65. The van der Waals surface area contributed by atoms with Crippen molar-refractivity contribution in [2.24, 2.45) is 0 Å². The number of fused-ring (bicyclic) bond motifs is 1. The Morgan fingerprint density at radius 3 is 2.52 bits per heavy atom. The molecule has 0 radical (unpaired) electrons. The first-order chi connectivity index (χ1) is 15.1. The topological polar surface area (TPSA) is 83.1 Å². The monoisotopic (exact) mass is 429 g/mol. The molecule has 0 saturated carbocycles. The Kier molecular flexibility index (Phi) is 6.89. The third-order valence-corrected chi connectivity index (χ3v) is 5.63. The molecule has 166 valence electrons. The first-order valence-electron chi connectivity index (χ1n) is 10.7. The van der Waals surface area contributed by atoms with Gasteiger partial charge in [0.25, 0.3) is 0 Å². The first-order valence-corrected chi connectivity index (χ1v) is 10.7. The molecule has 2 unspecified atom stereocenters. The third-order valence-electron chi connectivity index (χ3n) is 5.63. The van der Waals surface area contributed by atoms with Gasteiger partial charge in [-0.25, -0.2) is 9.18 Å². The number of ether oxygens (including phenoxy) is 2. The molecule has 0 aliphatic carbocycles. The molecule has 2 aromatic rings. The maximum atomic E-state index is 13.1. The van der Waals surface area contributed by atoms with Crippen LogP contribution in [-0.4, -0.2) is 54.9 Å². The Balaban J connectivity index is 1.42. The van der Waals surface area contributed by atoms with Gasteiger partial charge in [0.15, 0.2) is 11.5 Å². The molecule has 2 aliphatic rings. The minimum Gasteiger partial charge on any atom is -0.486 e. The summed E-state index contributed by atoms with van der Waals surface area (Å²) in [5.41, 5.74) is 1.45. The molecule has 31 heavy (non-hydrogen) atoms. The van der Waals surface area contributed by atoms with Crippen LogP contribution >= 0.6 is 0 Å². The van der Waals surface area contributed by atoms with E-state index in [1.807, 2.05) is 0 Å². The van der Waals surface area contributed by atoms with Crippen LogP contribution in [0.5, 0.6) is 11.5 Å². The highest BCUT2D eigenvalue weighted by Gasteiger charge is 2.27. The molecule has 4 rings (SSSR count). The summed E-state index contributed by atoms with van der Waals surface area (Å²) in [6.45, 7) is 3.67. The number of hydrogen-bond acceptors (Lipinski definition) is 5. The van der Waals surface area contributed by atoms with Crippen molar-refractivity contribution < 1.29 is 23.8 Å². The first kappa shape index (κ1) is 21.4. The van der Waals surface area contributed by atoms with Crippen molar-refractivity contribution in [2.75, 3.05) is 32.8 Å². The molecule has 2 heterocycles. The SMILES string of the molecule is O=C(NCc1ccc(F)cc1)NC(CN1CCCC1)C(O)c1ccc2c(c1)OCCO2. The quantitative estimate of drug-likeness (QED) is 0.630. The van der Waals surface area contributed by atoms with E-state index in [0.29, 0.717) is 36.8 Å². The van der Waals surface area contributed by atoms with Crippen LogP contribution in [0.15, 0.2) is 42.5 Å². The van der Waals surface area contributed by atoms with Crippen LogP contribution in [0, 0.1) is 5.82 Å². The van der Waals surface area contributed by atoms with Gasteiger partial charge in [-0.3, -0.25) is 0 Å². The highest BCUT2D eigenvalue weighted by Crippen LogP contribution is 2.33. The van der Waals surface area contributed by atoms with Gasteiger partial charge in [-0.1, -0.05) is 18.2 Å². The molecule has 0 aromatic heterocycles. The molecular formula is C23H28FN3O4. The van der Waals surface area contributed by atoms with Crippen molar-refractivity contribution in [3.8, 4) is 11.5 Å². The molecule has 7 nitrogen and oxygen atoms in total. The number of likely N-dealkylation sites (tertiary alicyclic amines) is 1. The van der Waals surface area contributed by atoms with Crippen molar-refractivity contribution in [1.82, 2.24) is 15.5 Å². The summed E-state index contributed by atoms with van der Waals surface area (Å²) >= 11 is 0. The lowest BCUT2D eigenvalue weighted by Gasteiger charge is -2.29. The van der Waals surface area contributed by atoms with Crippen LogP contribution in [0.1, 0.15) is 30.1 Å². The van der Waals surface area contributed by atoms with Crippen LogP contribution in [0.4, 0.5) is 9.18 Å². The zero-order valence-corrected chi connectivity index (χ0v) is 17.4. The second-order valence-electron chi connectivity index (χ2n) is 7.92. The van der Waals surface area contributed by atoms with Crippen molar-refractivity contribution in [2.45, 2.75) is 31.5 Å². The summed E-state index contributed by atoms with van der Waals surface area (Å²) in [6, 6.07) is 10.4. The maximum absolute atomic E-state index is 13.1. The van der Waals surface area contributed by atoms with E-state index >= 15 is 0 Å². The van der Waals surface area contributed by atoms with E-state index < -0.39 is 12.1 Å². The van der Waals surface area contributed by atoms with Gasteiger partial charge >= 0.3 is 6.03 Å².